The van der Waals surface area contributed by atoms with Crippen LogP contribution in [0.3, 0.4) is 0 Å². The zero-order valence-electron chi connectivity index (χ0n) is 16.1. The quantitative estimate of drug-likeness (QED) is 0.290. The fraction of sp³-hybridized carbons (Fsp3) is 0.130. The van der Waals surface area contributed by atoms with Crippen LogP contribution >= 0.6 is 34.4 Å². The maximum atomic E-state index is 12.6. The number of amides is 2. The Morgan fingerprint density at radius 2 is 1.77 bits per heavy atom. The van der Waals surface area contributed by atoms with E-state index < -0.39 is 0 Å². The van der Waals surface area contributed by atoms with Gasteiger partial charge in [-0.2, -0.15) is 0 Å². The van der Waals surface area contributed by atoms with Gasteiger partial charge < -0.3 is 9.15 Å². The number of hydrogen-bond acceptors (Lipinski definition) is 5. The van der Waals surface area contributed by atoms with Gasteiger partial charge in [-0.25, -0.2) is 0 Å². The largest absolute Gasteiger partial charge is 0.492 e. The van der Waals surface area contributed by atoms with Crippen molar-refractivity contribution in [3.05, 3.63) is 80.5 Å². The van der Waals surface area contributed by atoms with Gasteiger partial charge in [0.05, 0.1) is 11.4 Å². The summed E-state index contributed by atoms with van der Waals surface area (Å²) < 4.78 is 12.6. The topological polar surface area (TPSA) is 59.8 Å². The molecule has 0 N–H and O–H groups in total. The summed E-state index contributed by atoms with van der Waals surface area (Å²) in [6.07, 6.45) is 1.61. The van der Waals surface area contributed by atoms with Crippen LogP contribution in [0.25, 0.3) is 17.4 Å². The molecule has 0 radical (unpaired) electrons. The van der Waals surface area contributed by atoms with Crippen LogP contribution in [0, 0.1) is 10.5 Å². The number of ether oxygens (including phenoxy) is 1. The molecule has 0 spiro atoms. The van der Waals surface area contributed by atoms with Gasteiger partial charge >= 0.3 is 0 Å². The third-order valence-corrected chi connectivity index (χ3v) is 6.13. The van der Waals surface area contributed by atoms with Crippen molar-refractivity contribution in [2.45, 2.75) is 6.92 Å². The molecule has 5 nitrogen and oxygen atoms in total. The second kappa shape index (κ2) is 9.09. The monoisotopic (exact) mass is 531 g/mol. The van der Waals surface area contributed by atoms with E-state index in [9.17, 15) is 9.59 Å². The first-order valence-electron chi connectivity index (χ1n) is 9.30. The Labute approximate surface area is 192 Å². The lowest BCUT2D eigenvalue weighted by Gasteiger charge is -2.13. The van der Waals surface area contributed by atoms with Crippen molar-refractivity contribution in [1.82, 2.24) is 4.90 Å². The number of carbonyl (C=O) groups excluding carboxylic acids is 2. The second-order valence-corrected chi connectivity index (χ2v) is 8.94. The van der Waals surface area contributed by atoms with Crippen LogP contribution in [-0.2, 0) is 4.79 Å². The summed E-state index contributed by atoms with van der Waals surface area (Å²) in [5.41, 5.74) is 2.10. The fourth-order valence-corrected chi connectivity index (χ4v) is 4.12. The van der Waals surface area contributed by atoms with Crippen LogP contribution in [0.1, 0.15) is 11.3 Å². The fourth-order valence-electron chi connectivity index (χ4n) is 2.91. The number of carbonyl (C=O) groups is 2. The molecule has 0 bridgehead atoms. The van der Waals surface area contributed by atoms with Crippen molar-refractivity contribution in [3.63, 3.8) is 0 Å². The molecule has 2 aromatic carbocycles. The summed E-state index contributed by atoms with van der Waals surface area (Å²) in [4.78, 5) is 26.5. The maximum Gasteiger partial charge on any atom is 0.293 e. The second-order valence-electron chi connectivity index (χ2n) is 6.70. The molecule has 3 aromatic rings. The van der Waals surface area contributed by atoms with E-state index in [-0.39, 0.29) is 24.3 Å². The number of hydrogen-bond donors (Lipinski definition) is 0. The zero-order chi connectivity index (χ0) is 21.1. The summed E-state index contributed by atoms with van der Waals surface area (Å²) in [5.74, 6) is 1.62. The van der Waals surface area contributed by atoms with Crippen LogP contribution in [0.5, 0.6) is 5.75 Å². The molecule has 1 aliphatic heterocycles. The van der Waals surface area contributed by atoms with Crippen LogP contribution < -0.4 is 4.74 Å². The zero-order valence-corrected chi connectivity index (χ0v) is 19.1. The number of halogens is 1. The van der Waals surface area contributed by atoms with Gasteiger partial charge in [0, 0.05) is 15.2 Å². The molecule has 1 saturated heterocycles. The lowest BCUT2D eigenvalue weighted by molar-refractivity contribution is -0.123. The third kappa shape index (κ3) is 4.79. The van der Waals surface area contributed by atoms with E-state index in [1.807, 2.05) is 61.5 Å². The van der Waals surface area contributed by atoms with Crippen molar-refractivity contribution < 1.29 is 18.7 Å². The minimum atomic E-state index is -0.329. The molecule has 152 valence electrons. The third-order valence-electron chi connectivity index (χ3n) is 4.51. The number of benzene rings is 2. The molecule has 30 heavy (non-hydrogen) atoms. The Hall–Kier alpha value is -2.52. The van der Waals surface area contributed by atoms with Crippen LogP contribution in [-0.4, -0.2) is 29.2 Å². The van der Waals surface area contributed by atoms with Crippen LogP contribution in [0.15, 0.2) is 70.0 Å². The molecular weight excluding hydrogens is 513 g/mol. The Morgan fingerprint density at radius 3 is 2.50 bits per heavy atom. The first-order valence-corrected chi connectivity index (χ1v) is 11.2. The molecule has 0 atom stereocenters. The van der Waals surface area contributed by atoms with E-state index in [0.29, 0.717) is 22.2 Å². The maximum absolute atomic E-state index is 12.6. The first-order chi connectivity index (χ1) is 14.5. The van der Waals surface area contributed by atoms with Gasteiger partial charge in [0.15, 0.2) is 0 Å². The molecule has 0 aliphatic carbocycles. The molecule has 1 aromatic heterocycles. The van der Waals surface area contributed by atoms with E-state index in [1.54, 1.807) is 12.1 Å². The molecular formula is C23H18INO4S. The lowest BCUT2D eigenvalue weighted by atomic mass is 10.2. The molecule has 1 fully saturated rings. The number of thioether (sulfide) groups is 1. The van der Waals surface area contributed by atoms with Gasteiger partial charge in [-0.05, 0) is 77.7 Å². The van der Waals surface area contributed by atoms with Crippen molar-refractivity contribution >= 4 is 51.6 Å². The summed E-state index contributed by atoms with van der Waals surface area (Å²) in [7, 11) is 0. The standard InChI is InChI=1S/C23H18INO4S/c1-15-2-8-18(9-3-15)28-13-12-25-22(26)21(30-23(25)27)14-19-10-11-20(29-19)16-4-6-17(24)7-5-16/h2-11,14H,12-13H2,1H3/b21-14-. The SMILES string of the molecule is Cc1ccc(OCCN2C(=O)S/C(=C\c3ccc(-c4ccc(I)cc4)o3)C2=O)cc1. The minimum absolute atomic E-state index is 0.196. The Kier molecular flexibility index (Phi) is 6.29. The van der Waals surface area contributed by atoms with Crippen LogP contribution in [0.2, 0.25) is 0 Å². The Balaban J connectivity index is 1.40. The van der Waals surface area contributed by atoms with Gasteiger partial charge in [0.1, 0.15) is 23.9 Å². The van der Waals surface area contributed by atoms with Gasteiger partial charge in [-0.15, -0.1) is 0 Å². The van der Waals surface area contributed by atoms with E-state index in [0.717, 1.165) is 26.5 Å². The summed E-state index contributed by atoms with van der Waals surface area (Å²) >= 11 is 3.16. The number of imide groups is 1. The lowest BCUT2D eigenvalue weighted by Crippen LogP contribution is -2.32. The Morgan fingerprint density at radius 1 is 1.03 bits per heavy atom. The van der Waals surface area contributed by atoms with E-state index in [2.05, 4.69) is 22.6 Å². The highest BCUT2D eigenvalue weighted by molar-refractivity contribution is 14.1. The van der Waals surface area contributed by atoms with E-state index in [1.165, 1.54) is 4.90 Å². The average Bonchev–Trinajstić information content (AvgIpc) is 3.30. The molecule has 1 aliphatic rings. The van der Waals surface area contributed by atoms with Crippen molar-refractivity contribution in [3.8, 4) is 17.1 Å². The van der Waals surface area contributed by atoms with Gasteiger partial charge in [-0.1, -0.05) is 29.8 Å². The van der Waals surface area contributed by atoms with Gasteiger partial charge in [0.2, 0.25) is 0 Å². The predicted octanol–water partition coefficient (Wildman–Crippen LogP) is 5.97. The predicted molar refractivity (Wildman–Crippen MR) is 126 cm³/mol. The molecule has 0 unspecified atom stereocenters. The summed E-state index contributed by atoms with van der Waals surface area (Å²) in [6, 6.07) is 19.2. The number of rotatable bonds is 6. The van der Waals surface area contributed by atoms with Gasteiger partial charge in [0.25, 0.3) is 11.1 Å². The number of aryl methyl sites for hydroxylation is 1. The normalized spacial score (nSPS) is 15.3. The van der Waals surface area contributed by atoms with E-state index >= 15 is 0 Å². The molecule has 4 rings (SSSR count). The summed E-state index contributed by atoms with van der Waals surface area (Å²) in [6.45, 7) is 2.44. The minimum Gasteiger partial charge on any atom is -0.492 e. The average molecular weight is 531 g/mol. The first kappa shape index (κ1) is 20.7. The smallest absolute Gasteiger partial charge is 0.293 e. The summed E-state index contributed by atoms with van der Waals surface area (Å²) in [5, 5.41) is -0.303. The van der Waals surface area contributed by atoms with Crippen molar-refractivity contribution in [2.24, 2.45) is 0 Å². The molecule has 7 heteroatoms. The van der Waals surface area contributed by atoms with E-state index in [4.69, 9.17) is 9.15 Å². The molecule has 0 saturated carbocycles. The molecule has 2 amide bonds. The molecule has 2 heterocycles. The number of nitrogens with zero attached hydrogens (tertiary/aromatic N) is 1. The van der Waals surface area contributed by atoms with Gasteiger partial charge in [-0.3, -0.25) is 14.5 Å². The highest BCUT2D eigenvalue weighted by Gasteiger charge is 2.35. The van der Waals surface area contributed by atoms with Crippen molar-refractivity contribution in [2.75, 3.05) is 13.2 Å². The Bertz CT molecular complexity index is 1100. The van der Waals surface area contributed by atoms with Crippen LogP contribution in [0.4, 0.5) is 4.79 Å². The highest BCUT2D eigenvalue weighted by atomic mass is 127. The number of furan rings is 1. The van der Waals surface area contributed by atoms with Crippen molar-refractivity contribution in [1.29, 1.82) is 0 Å². The highest BCUT2D eigenvalue weighted by Crippen LogP contribution is 2.33.